The number of aromatic nitrogens is 2. The van der Waals surface area contributed by atoms with Crippen LogP contribution in [0.25, 0.3) is 0 Å². The maximum atomic E-state index is 5.72. The lowest BCUT2D eigenvalue weighted by molar-refractivity contribution is 1.08. The van der Waals surface area contributed by atoms with Crippen molar-refractivity contribution in [3.05, 3.63) is 47.9 Å². The SMILES string of the molecule is Cc1ccc(CNc2ncncc2N)cc1. The highest BCUT2D eigenvalue weighted by atomic mass is 15.0. The topological polar surface area (TPSA) is 63.8 Å². The molecule has 0 saturated carbocycles. The van der Waals surface area contributed by atoms with E-state index in [0.29, 0.717) is 18.1 Å². The zero-order valence-corrected chi connectivity index (χ0v) is 9.14. The fourth-order valence-corrected chi connectivity index (χ4v) is 1.38. The molecule has 0 aliphatic heterocycles. The van der Waals surface area contributed by atoms with Gasteiger partial charge in [0.1, 0.15) is 6.33 Å². The van der Waals surface area contributed by atoms with Crippen LogP contribution in [-0.4, -0.2) is 9.97 Å². The first kappa shape index (κ1) is 10.4. The van der Waals surface area contributed by atoms with Gasteiger partial charge in [0.25, 0.3) is 0 Å². The summed E-state index contributed by atoms with van der Waals surface area (Å²) < 4.78 is 0. The Balaban J connectivity index is 2.02. The Morgan fingerprint density at radius 2 is 2.00 bits per heavy atom. The molecule has 0 spiro atoms. The molecular weight excluding hydrogens is 200 g/mol. The van der Waals surface area contributed by atoms with Gasteiger partial charge in [-0.3, -0.25) is 0 Å². The molecule has 82 valence electrons. The molecule has 16 heavy (non-hydrogen) atoms. The summed E-state index contributed by atoms with van der Waals surface area (Å²) in [4.78, 5) is 7.90. The molecule has 0 aliphatic rings. The van der Waals surface area contributed by atoms with Gasteiger partial charge >= 0.3 is 0 Å². The summed E-state index contributed by atoms with van der Waals surface area (Å²) in [6.07, 6.45) is 3.07. The summed E-state index contributed by atoms with van der Waals surface area (Å²) in [5, 5.41) is 3.17. The normalized spacial score (nSPS) is 10.1. The Labute approximate surface area is 94.5 Å². The van der Waals surface area contributed by atoms with Gasteiger partial charge in [-0.1, -0.05) is 29.8 Å². The molecule has 0 aliphatic carbocycles. The molecule has 4 heteroatoms. The van der Waals surface area contributed by atoms with Crippen LogP contribution in [0.5, 0.6) is 0 Å². The van der Waals surface area contributed by atoms with Gasteiger partial charge in [-0.25, -0.2) is 9.97 Å². The van der Waals surface area contributed by atoms with Crippen molar-refractivity contribution in [3.8, 4) is 0 Å². The minimum absolute atomic E-state index is 0.564. The predicted molar refractivity (Wildman–Crippen MR) is 65.0 cm³/mol. The van der Waals surface area contributed by atoms with Gasteiger partial charge in [-0.05, 0) is 12.5 Å². The molecular formula is C12H14N4. The molecule has 1 heterocycles. The zero-order valence-electron chi connectivity index (χ0n) is 9.14. The molecule has 2 rings (SSSR count). The minimum atomic E-state index is 0.564. The van der Waals surface area contributed by atoms with Gasteiger partial charge in [-0.2, -0.15) is 0 Å². The average molecular weight is 214 g/mol. The van der Waals surface area contributed by atoms with E-state index in [2.05, 4.69) is 46.5 Å². The van der Waals surface area contributed by atoms with Crippen molar-refractivity contribution in [3.63, 3.8) is 0 Å². The van der Waals surface area contributed by atoms with E-state index in [4.69, 9.17) is 5.73 Å². The first-order valence-electron chi connectivity index (χ1n) is 5.10. The number of nitrogens with zero attached hydrogens (tertiary/aromatic N) is 2. The number of rotatable bonds is 3. The van der Waals surface area contributed by atoms with E-state index in [1.165, 1.54) is 17.5 Å². The number of aryl methyl sites for hydroxylation is 1. The molecule has 0 radical (unpaired) electrons. The van der Waals surface area contributed by atoms with E-state index in [9.17, 15) is 0 Å². The monoisotopic (exact) mass is 214 g/mol. The first-order chi connectivity index (χ1) is 7.75. The van der Waals surface area contributed by atoms with Crippen molar-refractivity contribution in [2.75, 3.05) is 11.1 Å². The number of anilines is 2. The highest BCUT2D eigenvalue weighted by molar-refractivity contribution is 5.59. The summed E-state index contributed by atoms with van der Waals surface area (Å²) in [5.41, 5.74) is 8.74. The van der Waals surface area contributed by atoms with Crippen molar-refractivity contribution in [1.29, 1.82) is 0 Å². The van der Waals surface area contributed by atoms with Gasteiger partial charge in [0.2, 0.25) is 0 Å². The number of nitrogens with two attached hydrogens (primary N) is 1. The van der Waals surface area contributed by atoms with Crippen molar-refractivity contribution in [2.24, 2.45) is 0 Å². The third-order valence-electron chi connectivity index (χ3n) is 2.32. The number of nitrogens with one attached hydrogen (secondary N) is 1. The van der Waals surface area contributed by atoms with Crippen LogP contribution in [0.2, 0.25) is 0 Å². The summed E-state index contributed by atoms with van der Waals surface area (Å²) >= 11 is 0. The van der Waals surface area contributed by atoms with Crippen LogP contribution in [0.1, 0.15) is 11.1 Å². The van der Waals surface area contributed by atoms with Crippen LogP contribution in [0, 0.1) is 6.92 Å². The summed E-state index contributed by atoms with van der Waals surface area (Å²) in [7, 11) is 0. The average Bonchev–Trinajstić information content (AvgIpc) is 2.30. The van der Waals surface area contributed by atoms with Crippen LogP contribution in [-0.2, 0) is 6.54 Å². The second-order valence-corrected chi connectivity index (χ2v) is 3.67. The molecule has 3 N–H and O–H groups in total. The molecule has 4 nitrogen and oxygen atoms in total. The molecule has 0 bridgehead atoms. The molecule has 0 amide bonds. The molecule has 0 atom stereocenters. The second-order valence-electron chi connectivity index (χ2n) is 3.67. The largest absolute Gasteiger partial charge is 0.394 e. The van der Waals surface area contributed by atoms with Gasteiger partial charge < -0.3 is 11.1 Å². The van der Waals surface area contributed by atoms with Crippen LogP contribution < -0.4 is 11.1 Å². The van der Waals surface area contributed by atoms with E-state index in [-0.39, 0.29) is 0 Å². The third-order valence-corrected chi connectivity index (χ3v) is 2.32. The molecule has 1 aromatic heterocycles. The maximum Gasteiger partial charge on any atom is 0.152 e. The van der Waals surface area contributed by atoms with Crippen molar-refractivity contribution < 1.29 is 0 Å². The Morgan fingerprint density at radius 3 is 2.69 bits per heavy atom. The Kier molecular flexibility index (Phi) is 3.00. The van der Waals surface area contributed by atoms with Gasteiger partial charge in [0.15, 0.2) is 5.82 Å². The number of benzene rings is 1. The van der Waals surface area contributed by atoms with Gasteiger partial charge in [0, 0.05) is 6.54 Å². The van der Waals surface area contributed by atoms with Crippen LogP contribution in [0.3, 0.4) is 0 Å². The Hall–Kier alpha value is -2.10. The molecule has 0 fully saturated rings. The summed E-state index contributed by atoms with van der Waals surface area (Å²) in [6, 6.07) is 8.33. The van der Waals surface area contributed by atoms with Gasteiger partial charge in [0.05, 0.1) is 11.9 Å². The van der Waals surface area contributed by atoms with Crippen LogP contribution in [0.4, 0.5) is 11.5 Å². The van der Waals surface area contributed by atoms with Crippen molar-refractivity contribution in [2.45, 2.75) is 13.5 Å². The van der Waals surface area contributed by atoms with Gasteiger partial charge in [-0.15, -0.1) is 0 Å². The number of nitrogen functional groups attached to an aromatic ring is 1. The van der Waals surface area contributed by atoms with Crippen LogP contribution in [0.15, 0.2) is 36.8 Å². The Bertz CT molecular complexity index is 465. The lowest BCUT2D eigenvalue weighted by Gasteiger charge is -2.07. The molecule has 1 aromatic carbocycles. The van der Waals surface area contributed by atoms with E-state index in [1.54, 1.807) is 6.20 Å². The van der Waals surface area contributed by atoms with E-state index >= 15 is 0 Å². The molecule has 0 saturated heterocycles. The Morgan fingerprint density at radius 1 is 1.25 bits per heavy atom. The highest BCUT2D eigenvalue weighted by Gasteiger charge is 1.99. The highest BCUT2D eigenvalue weighted by Crippen LogP contribution is 2.13. The van der Waals surface area contributed by atoms with E-state index < -0.39 is 0 Å². The first-order valence-corrected chi connectivity index (χ1v) is 5.10. The fourth-order valence-electron chi connectivity index (χ4n) is 1.38. The fraction of sp³-hybridized carbons (Fsp3) is 0.167. The smallest absolute Gasteiger partial charge is 0.152 e. The van der Waals surface area contributed by atoms with E-state index in [0.717, 1.165) is 0 Å². The standard InChI is InChI=1S/C12H14N4/c1-9-2-4-10(5-3-9)6-15-12-11(13)7-14-8-16-12/h2-5,7-8H,6,13H2,1H3,(H,14,15,16). The van der Waals surface area contributed by atoms with Crippen molar-refractivity contribution >= 4 is 11.5 Å². The number of hydrogen-bond donors (Lipinski definition) is 2. The lowest BCUT2D eigenvalue weighted by atomic mass is 10.1. The third kappa shape index (κ3) is 2.48. The number of hydrogen-bond acceptors (Lipinski definition) is 4. The second kappa shape index (κ2) is 4.61. The van der Waals surface area contributed by atoms with E-state index in [1.807, 2.05) is 0 Å². The maximum absolute atomic E-state index is 5.72. The lowest BCUT2D eigenvalue weighted by Crippen LogP contribution is -2.04. The predicted octanol–water partition coefficient (Wildman–Crippen LogP) is 1.98. The zero-order chi connectivity index (χ0) is 11.4. The van der Waals surface area contributed by atoms with Crippen LogP contribution >= 0.6 is 0 Å². The summed E-state index contributed by atoms with van der Waals surface area (Å²) in [5.74, 6) is 0.676. The molecule has 0 unspecified atom stereocenters. The quantitative estimate of drug-likeness (QED) is 0.820. The minimum Gasteiger partial charge on any atom is -0.394 e. The molecule has 2 aromatic rings. The summed E-state index contributed by atoms with van der Waals surface area (Å²) in [6.45, 7) is 2.78. The van der Waals surface area contributed by atoms with Crippen molar-refractivity contribution in [1.82, 2.24) is 9.97 Å².